The summed E-state index contributed by atoms with van der Waals surface area (Å²) >= 11 is 6.04. The van der Waals surface area contributed by atoms with Crippen LogP contribution >= 0.6 is 11.6 Å². The van der Waals surface area contributed by atoms with Crippen LogP contribution in [0.2, 0.25) is 5.02 Å². The first-order valence-corrected chi connectivity index (χ1v) is 10.5. The van der Waals surface area contributed by atoms with Crippen molar-refractivity contribution in [1.29, 1.82) is 0 Å². The summed E-state index contributed by atoms with van der Waals surface area (Å²) < 4.78 is 10.9. The Bertz CT molecular complexity index is 1210. The molecule has 2 aliphatic rings. The Balaban J connectivity index is 1.62. The summed E-state index contributed by atoms with van der Waals surface area (Å²) in [5.74, 6) is 0.752. The zero-order valence-electron chi connectivity index (χ0n) is 17.1. The van der Waals surface area contributed by atoms with Gasteiger partial charge in [-0.2, -0.15) is 0 Å². The number of carbonyl (C=O) groups is 1. The number of aromatic hydroxyl groups is 1. The summed E-state index contributed by atoms with van der Waals surface area (Å²) in [6.07, 6.45) is 1.08. The van der Waals surface area contributed by atoms with E-state index in [1.165, 1.54) is 7.11 Å². The molecule has 3 aromatic rings. The zero-order valence-corrected chi connectivity index (χ0v) is 17.9. The summed E-state index contributed by atoms with van der Waals surface area (Å²) in [7, 11) is 1.50. The standard InChI is InChI=1S/C24H21ClN2O4/c1-12-21-22(14-5-8-18(28)20(11-14)30-2)23-17(26-24(21)31-27-12)9-15(10-19(23)29)13-3-6-16(25)7-4-13/h3-8,11,15,22,26,28H,9-10H2,1-2H3/t15-,22+/m1/s1. The Hall–Kier alpha value is -3.25. The first kappa shape index (κ1) is 19.7. The Morgan fingerprint density at radius 1 is 1.16 bits per heavy atom. The van der Waals surface area contributed by atoms with Crippen molar-refractivity contribution in [3.63, 3.8) is 0 Å². The second-order valence-corrected chi connectivity index (χ2v) is 8.41. The van der Waals surface area contributed by atoms with Gasteiger partial charge in [0.25, 0.3) is 0 Å². The van der Waals surface area contributed by atoms with Gasteiger partial charge in [-0.3, -0.25) is 4.79 Å². The molecule has 0 radical (unpaired) electrons. The number of ketones is 1. The molecular formula is C24H21ClN2O4. The molecule has 1 aliphatic heterocycles. The summed E-state index contributed by atoms with van der Waals surface area (Å²) in [5, 5.41) is 18.2. The van der Waals surface area contributed by atoms with Gasteiger partial charge in [-0.25, -0.2) is 0 Å². The SMILES string of the molecule is COc1cc([C@@H]2C3=C(C[C@@H](c4ccc(Cl)cc4)CC3=O)Nc3onc(C)c32)ccc1O. The Kier molecular flexibility index (Phi) is 4.74. The van der Waals surface area contributed by atoms with E-state index in [2.05, 4.69) is 10.5 Å². The van der Waals surface area contributed by atoms with Gasteiger partial charge in [0.2, 0.25) is 5.88 Å². The predicted molar refractivity (Wildman–Crippen MR) is 117 cm³/mol. The smallest absolute Gasteiger partial charge is 0.233 e. The van der Waals surface area contributed by atoms with Crippen LogP contribution in [-0.2, 0) is 4.79 Å². The average Bonchev–Trinajstić information content (AvgIpc) is 3.13. The van der Waals surface area contributed by atoms with E-state index in [1.807, 2.05) is 37.3 Å². The third-order valence-corrected chi connectivity index (χ3v) is 6.39. The summed E-state index contributed by atoms with van der Waals surface area (Å²) in [5.41, 5.74) is 5.04. The molecule has 2 atom stereocenters. The van der Waals surface area contributed by atoms with Gasteiger partial charge in [-0.1, -0.05) is 35.0 Å². The molecule has 2 aromatic carbocycles. The Morgan fingerprint density at radius 3 is 2.65 bits per heavy atom. The highest BCUT2D eigenvalue weighted by Crippen LogP contribution is 2.49. The number of aromatic nitrogens is 1. The number of aryl methyl sites for hydroxylation is 1. The van der Waals surface area contributed by atoms with Crippen molar-refractivity contribution in [2.75, 3.05) is 12.4 Å². The lowest BCUT2D eigenvalue weighted by Gasteiger charge is -2.34. The second-order valence-electron chi connectivity index (χ2n) is 7.97. The molecule has 0 bridgehead atoms. The molecule has 5 rings (SSSR count). The number of allylic oxidation sites excluding steroid dienone is 2. The normalized spacial score (nSPS) is 20.2. The molecule has 7 heteroatoms. The minimum atomic E-state index is -0.342. The minimum absolute atomic E-state index is 0.0504. The summed E-state index contributed by atoms with van der Waals surface area (Å²) in [4.78, 5) is 13.5. The first-order valence-electron chi connectivity index (χ1n) is 10.1. The third-order valence-electron chi connectivity index (χ3n) is 6.14. The number of ether oxygens (including phenoxy) is 1. The van der Waals surface area contributed by atoms with Gasteiger partial charge in [0.05, 0.1) is 18.4 Å². The molecule has 2 heterocycles. The zero-order chi connectivity index (χ0) is 21.7. The van der Waals surface area contributed by atoms with E-state index in [0.29, 0.717) is 29.5 Å². The van der Waals surface area contributed by atoms with Crippen LogP contribution in [0.1, 0.15) is 47.1 Å². The number of phenols is 1. The molecule has 1 aromatic heterocycles. The summed E-state index contributed by atoms with van der Waals surface area (Å²) in [6.45, 7) is 1.87. The molecule has 158 valence electrons. The van der Waals surface area contributed by atoms with Gasteiger partial charge in [0, 0.05) is 28.6 Å². The molecule has 0 spiro atoms. The number of hydrogen-bond donors (Lipinski definition) is 2. The molecule has 0 saturated heterocycles. The maximum absolute atomic E-state index is 13.5. The maximum Gasteiger partial charge on any atom is 0.233 e. The predicted octanol–water partition coefficient (Wildman–Crippen LogP) is 5.31. The van der Waals surface area contributed by atoms with Crippen LogP contribution in [0.5, 0.6) is 11.5 Å². The van der Waals surface area contributed by atoms with Crippen LogP contribution in [0.15, 0.2) is 58.3 Å². The lowest BCUT2D eigenvalue weighted by atomic mass is 9.72. The van der Waals surface area contributed by atoms with E-state index in [9.17, 15) is 9.90 Å². The largest absolute Gasteiger partial charge is 0.504 e. The van der Waals surface area contributed by atoms with Crippen molar-refractivity contribution in [3.05, 3.63) is 81.1 Å². The number of Topliss-reactive ketones (excluding diaryl/α,β-unsaturated/α-hetero) is 1. The average molecular weight is 437 g/mol. The van der Waals surface area contributed by atoms with Gasteiger partial charge < -0.3 is 19.7 Å². The fourth-order valence-electron chi connectivity index (χ4n) is 4.65. The van der Waals surface area contributed by atoms with E-state index in [4.69, 9.17) is 20.9 Å². The topological polar surface area (TPSA) is 84.6 Å². The van der Waals surface area contributed by atoms with Crippen molar-refractivity contribution < 1.29 is 19.2 Å². The molecule has 1 aliphatic carbocycles. The number of nitrogens with one attached hydrogen (secondary N) is 1. The molecule has 0 fully saturated rings. The molecule has 0 amide bonds. The molecular weight excluding hydrogens is 416 g/mol. The number of anilines is 1. The fraction of sp³-hybridized carbons (Fsp3) is 0.250. The highest BCUT2D eigenvalue weighted by molar-refractivity contribution is 6.30. The number of benzene rings is 2. The quantitative estimate of drug-likeness (QED) is 0.578. The molecule has 0 unspecified atom stereocenters. The van der Waals surface area contributed by atoms with Gasteiger partial charge in [-0.05, 0) is 54.7 Å². The highest BCUT2D eigenvalue weighted by atomic mass is 35.5. The second kappa shape index (κ2) is 7.46. The van der Waals surface area contributed by atoms with Gasteiger partial charge in [-0.15, -0.1) is 0 Å². The van der Waals surface area contributed by atoms with Crippen molar-refractivity contribution in [2.45, 2.75) is 31.6 Å². The number of methoxy groups -OCH3 is 1. The van der Waals surface area contributed by atoms with Gasteiger partial charge >= 0.3 is 0 Å². The number of nitrogens with zero attached hydrogens (tertiary/aromatic N) is 1. The summed E-state index contributed by atoms with van der Waals surface area (Å²) in [6, 6.07) is 12.8. The number of carbonyl (C=O) groups excluding carboxylic acids is 1. The fourth-order valence-corrected chi connectivity index (χ4v) is 4.78. The lowest BCUT2D eigenvalue weighted by molar-refractivity contribution is -0.116. The highest BCUT2D eigenvalue weighted by Gasteiger charge is 2.41. The first-order chi connectivity index (χ1) is 15.0. The monoisotopic (exact) mass is 436 g/mol. The van der Waals surface area contributed by atoms with E-state index >= 15 is 0 Å². The van der Waals surface area contributed by atoms with Crippen LogP contribution in [0.25, 0.3) is 0 Å². The Labute approximate surface area is 184 Å². The van der Waals surface area contributed by atoms with Crippen molar-refractivity contribution >= 4 is 23.3 Å². The lowest BCUT2D eigenvalue weighted by Crippen LogP contribution is -2.29. The van der Waals surface area contributed by atoms with E-state index in [-0.39, 0.29) is 23.4 Å². The van der Waals surface area contributed by atoms with Crippen LogP contribution in [-0.4, -0.2) is 23.2 Å². The number of fused-ring (bicyclic) bond motifs is 1. The third kappa shape index (κ3) is 3.27. The van der Waals surface area contributed by atoms with Crippen LogP contribution in [0.3, 0.4) is 0 Å². The van der Waals surface area contributed by atoms with Crippen LogP contribution in [0.4, 0.5) is 5.88 Å². The van der Waals surface area contributed by atoms with Crippen molar-refractivity contribution in [1.82, 2.24) is 5.16 Å². The van der Waals surface area contributed by atoms with E-state index in [0.717, 1.165) is 33.7 Å². The van der Waals surface area contributed by atoms with Crippen molar-refractivity contribution in [3.8, 4) is 11.5 Å². The molecule has 2 N–H and O–H groups in total. The van der Waals surface area contributed by atoms with Gasteiger partial charge in [0.15, 0.2) is 17.3 Å². The maximum atomic E-state index is 13.5. The van der Waals surface area contributed by atoms with Crippen LogP contribution in [0, 0.1) is 6.92 Å². The Morgan fingerprint density at radius 2 is 1.90 bits per heavy atom. The number of rotatable bonds is 3. The molecule has 6 nitrogen and oxygen atoms in total. The minimum Gasteiger partial charge on any atom is -0.504 e. The number of halogens is 1. The number of hydrogen-bond acceptors (Lipinski definition) is 6. The molecule has 0 saturated carbocycles. The molecule has 31 heavy (non-hydrogen) atoms. The van der Waals surface area contributed by atoms with Crippen LogP contribution < -0.4 is 10.1 Å². The van der Waals surface area contributed by atoms with E-state index in [1.54, 1.807) is 12.1 Å². The van der Waals surface area contributed by atoms with Gasteiger partial charge in [0.1, 0.15) is 0 Å². The van der Waals surface area contributed by atoms with Crippen molar-refractivity contribution in [2.24, 2.45) is 0 Å². The van der Waals surface area contributed by atoms with E-state index < -0.39 is 0 Å². The number of phenolic OH excluding ortho intramolecular Hbond substituents is 1.